The Kier molecular flexibility index (Phi) is 11.8. The number of anilines is 3. The molecule has 7 aromatic carbocycles. The van der Waals surface area contributed by atoms with Gasteiger partial charge in [-0.15, -0.1) is 12.3 Å². The van der Waals surface area contributed by atoms with Gasteiger partial charge >= 0.3 is 0 Å². The smallest absolute Gasteiger partial charge is 0.0722 e. The first-order chi connectivity index (χ1) is 31.1. The molecular weight excluding hydrogens is 761 g/mol. The lowest BCUT2D eigenvalue weighted by atomic mass is 9.69. The topological polar surface area (TPSA) is 6.48 Å². The quantitative estimate of drug-likeness (QED) is 0.0752. The van der Waals surface area contributed by atoms with Crippen LogP contribution in [0.4, 0.5) is 17.1 Å². The van der Waals surface area contributed by atoms with Crippen LogP contribution >= 0.6 is 0 Å². The molecule has 63 heavy (non-hydrogen) atoms. The average Bonchev–Trinajstić information content (AvgIpc) is 3.80. The number of allylic oxidation sites excluding steroid dienone is 7. The largest absolute Gasteiger partial charge is 0.341 e. The molecule has 2 aliphatic rings. The normalized spacial score (nSPS) is 15.3. The lowest BCUT2D eigenvalue weighted by Crippen LogP contribution is -2.27. The fourth-order valence-corrected chi connectivity index (χ4v) is 10.2. The summed E-state index contributed by atoms with van der Waals surface area (Å²) in [6.07, 6.45) is 20.6. The van der Waals surface area contributed by atoms with E-state index in [2.05, 4.69) is 236 Å². The molecule has 0 N–H and O–H groups in total. The van der Waals surface area contributed by atoms with Gasteiger partial charge in [0.25, 0.3) is 0 Å². The van der Waals surface area contributed by atoms with Crippen molar-refractivity contribution in [2.24, 2.45) is 0 Å². The molecule has 0 amide bonds. The number of fused-ring (bicyclic) bond motifs is 8. The summed E-state index contributed by atoms with van der Waals surface area (Å²) in [6.45, 7) is 12.4. The van der Waals surface area contributed by atoms with Crippen molar-refractivity contribution >= 4 is 39.0 Å². The Hall–Kier alpha value is -7.60. The Labute approximate surface area is 373 Å². The zero-order valence-electron chi connectivity index (χ0n) is 36.1. The number of terminal acetylenes is 1. The van der Waals surface area contributed by atoms with E-state index >= 15 is 0 Å². The number of hydrogen-bond acceptors (Lipinski definition) is 2. The Morgan fingerprint density at radius 1 is 0.667 bits per heavy atom. The molecule has 0 aromatic heterocycles. The second-order valence-corrected chi connectivity index (χ2v) is 16.1. The van der Waals surface area contributed by atoms with Crippen LogP contribution in [0, 0.1) is 12.3 Å². The van der Waals surface area contributed by atoms with Gasteiger partial charge in [-0.05, 0) is 106 Å². The molecule has 0 bridgehead atoms. The third kappa shape index (κ3) is 7.26. The molecule has 7 aromatic rings. The van der Waals surface area contributed by atoms with Crippen molar-refractivity contribution in [3.8, 4) is 23.5 Å². The zero-order chi connectivity index (χ0) is 43.2. The van der Waals surface area contributed by atoms with E-state index < -0.39 is 5.41 Å². The monoisotopic (exact) mass is 812 g/mol. The van der Waals surface area contributed by atoms with Gasteiger partial charge in [-0.3, -0.25) is 0 Å². The predicted molar refractivity (Wildman–Crippen MR) is 270 cm³/mol. The summed E-state index contributed by atoms with van der Waals surface area (Å²) < 4.78 is 0. The number of rotatable bonds is 15. The first-order valence-electron chi connectivity index (χ1n) is 22.0. The van der Waals surface area contributed by atoms with E-state index in [0.717, 1.165) is 37.3 Å². The Morgan fingerprint density at radius 3 is 2.05 bits per heavy atom. The van der Waals surface area contributed by atoms with Crippen molar-refractivity contribution in [3.63, 3.8) is 0 Å². The molecule has 2 nitrogen and oxygen atoms in total. The summed E-state index contributed by atoms with van der Waals surface area (Å²) in [5.74, 6) is 2.78. The Morgan fingerprint density at radius 2 is 1.30 bits per heavy atom. The summed E-state index contributed by atoms with van der Waals surface area (Å²) in [6, 6.07) is 61.9. The van der Waals surface area contributed by atoms with E-state index in [-0.39, 0.29) is 0 Å². The highest BCUT2D eigenvalue weighted by Gasteiger charge is 2.52. The van der Waals surface area contributed by atoms with Crippen LogP contribution in [0.1, 0.15) is 54.0 Å². The van der Waals surface area contributed by atoms with Crippen molar-refractivity contribution in [1.82, 2.24) is 0 Å². The summed E-state index contributed by atoms with van der Waals surface area (Å²) >= 11 is 0. The van der Waals surface area contributed by atoms with E-state index in [1.165, 1.54) is 77.8 Å². The van der Waals surface area contributed by atoms with Crippen LogP contribution in [-0.2, 0) is 5.41 Å². The van der Waals surface area contributed by atoms with Gasteiger partial charge in [-0.1, -0.05) is 189 Å². The third-order valence-electron chi connectivity index (χ3n) is 12.8. The molecular formula is C61H52N2. The van der Waals surface area contributed by atoms with E-state index in [0.29, 0.717) is 6.42 Å². The Bertz CT molecular complexity index is 2990. The van der Waals surface area contributed by atoms with Crippen molar-refractivity contribution in [1.29, 1.82) is 0 Å². The van der Waals surface area contributed by atoms with Gasteiger partial charge in [0.15, 0.2) is 0 Å². The molecule has 2 aliphatic carbocycles. The van der Waals surface area contributed by atoms with Crippen LogP contribution in [0.15, 0.2) is 231 Å². The van der Waals surface area contributed by atoms with Crippen molar-refractivity contribution in [2.75, 3.05) is 22.9 Å². The highest BCUT2D eigenvalue weighted by molar-refractivity contribution is 6.00. The molecule has 0 fully saturated rings. The van der Waals surface area contributed by atoms with Crippen LogP contribution in [0.25, 0.3) is 33.0 Å². The minimum Gasteiger partial charge on any atom is -0.341 e. The highest BCUT2D eigenvalue weighted by Crippen LogP contribution is 2.64. The van der Waals surface area contributed by atoms with Gasteiger partial charge in [-0.2, -0.15) is 0 Å². The SMILES string of the molecule is C#CC/C=C\C(=C/C)N(CCC1=C(C=C)C2(c3ccccc31)c1ccccc1-c1c(N(CC/C(=C\C=C)c3ccccc3)c3ccccc3)cccc12)c1cccc2ccccc12. The van der Waals surface area contributed by atoms with Crippen LogP contribution in [-0.4, -0.2) is 13.1 Å². The minimum atomic E-state index is -0.545. The molecule has 0 saturated heterocycles. The van der Waals surface area contributed by atoms with E-state index in [9.17, 15) is 0 Å². The summed E-state index contributed by atoms with van der Waals surface area (Å²) in [5, 5.41) is 2.43. The van der Waals surface area contributed by atoms with Gasteiger partial charge in [0.1, 0.15) is 0 Å². The Balaban J connectivity index is 1.20. The number of benzene rings is 7. The molecule has 1 atom stereocenters. The van der Waals surface area contributed by atoms with E-state index in [4.69, 9.17) is 6.42 Å². The zero-order valence-corrected chi connectivity index (χ0v) is 36.1. The fourth-order valence-electron chi connectivity index (χ4n) is 10.2. The van der Waals surface area contributed by atoms with Crippen LogP contribution in [0.3, 0.4) is 0 Å². The molecule has 0 heterocycles. The molecule has 0 aliphatic heterocycles. The molecule has 0 saturated carbocycles. The number of para-hydroxylation sites is 1. The van der Waals surface area contributed by atoms with Crippen LogP contribution < -0.4 is 9.80 Å². The molecule has 306 valence electrons. The average molecular weight is 813 g/mol. The summed E-state index contributed by atoms with van der Waals surface area (Å²) in [5.41, 5.74) is 16.9. The highest BCUT2D eigenvalue weighted by atomic mass is 15.1. The van der Waals surface area contributed by atoms with E-state index in [1.807, 2.05) is 6.08 Å². The second-order valence-electron chi connectivity index (χ2n) is 16.1. The molecule has 1 spiro atoms. The molecule has 9 rings (SSSR count). The molecule has 2 heteroatoms. The fraction of sp³-hybridized carbons (Fsp3) is 0.115. The first kappa shape index (κ1) is 40.8. The maximum absolute atomic E-state index is 5.72. The van der Waals surface area contributed by atoms with Crippen LogP contribution in [0.5, 0.6) is 0 Å². The summed E-state index contributed by atoms with van der Waals surface area (Å²) in [4.78, 5) is 4.98. The number of nitrogens with zero attached hydrogens (tertiary/aromatic N) is 2. The van der Waals surface area contributed by atoms with E-state index in [1.54, 1.807) is 0 Å². The molecule has 1 unspecified atom stereocenters. The third-order valence-corrected chi connectivity index (χ3v) is 12.8. The van der Waals surface area contributed by atoms with Gasteiger partial charge in [0.2, 0.25) is 0 Å². The lowest BCUT2D eigenvalue weighted by Gasteiger charge is -2.33. The maximum atomic E-state index is 5.72. The lowest BCUT2D eigenvalue weighted by molar-refractivity contribution is 0.784. The second kappa shape index (κ2) is 18.2. The van der Waals surface area contributed by atoms with Gasteiger partial charge in [-0.25, -0.2) is 0 Å². The predicted octanol–water partition coefficient (Wildman–Crippen LogP) is 15.3. The summed E-state index contributed by atoms with van der Waals surface area (Å²) in [7, 11) is 0. The standard InChI is InChI=1S/C61H52N2/c1-5-9-12-30-48(7-3)62(58-39-23-29-47-28-17-18-33-50(47)58)44-42-52-51-34-19-21-36-55(51)61(54(52)8-4)56-37-22-20-35-53(56)60-57(61)38-24-40-59(60)63(49-31-15-11-16-32-49)43-41-45(25-6-2)46-26-13-10-14-27-46/h1,6-8,10-40H,2,4,9,41-44H2,3H3/b30-12-,45-25+,48-7+. The first-order valence-corrected chi connectivity index (χ1v) is 22.0. The number of hydrogen-bond donors (Lipinski definition) is 0. The van der Waals surface area contributed by atoms with Crippen molar-refractivity contribution < 1.29 is 0 Å². The maximum Gasteiger partial charge on any atom is 0.0722 e. The van der Waals surface area contributed by atoms with Crippen molar-refractivity contribution in [3.05, 3.63) is 259 Å². The van der Waals surface area contributed by atoms with Crippen molar-refractivity contribution in [2.45, 2.75) is 31.6 Å². The van der Waals surface area contributed by atoms with Crippen LogP contribution in [0.2, 0.25) is 0 Å². The minimum absolute atomic E-state index is 0.545. The van der Waals surface area contributed by atoms with Gasteiger partial charge in [0.05, 0.1) is 5.41 Å². The van der Waals surface area contributed by atoms with Gasteiger partial charge in [0, 0.05) is 53.2 Å². The molecule has 0 radical (unpaired) electrons. The van der Waals surface area contributed by atoms with Gasteiger partial charge < -0.3 is 9.80 Å².